The van der Waals surface area contributed by atoms with Crippen molar-refractivity contribution in [3.8, 4) is 10.4 Å². The Morgan fingerprint density at radius 3 is 2.37 bits per heavy atom. The summed E-state index contributed by atoms with van der Waals surface area (Å²) in [5.74, 6) is 0. The van der Waals surface area contributed by atoms with Gasteiger partial charge in [-0.3, -0.25) is 0 Å². The van der Waals surface area contributed by atoms with E-state index in [9.17, 15) is 8.42 Å². The third-order valence-electron chi connectivity index (χ3n) is 2.99. The van der Waals surface area contributed by atoms with Crippen LogP contribution in [-0.2, 0) is 9.84 Å². The summed E-state index contributed by atoms with van der Waals surface area (Å²) in [6.07, 6.45) is 0. The molecule has 0 saturated heterocycles. The predicted molar refractivity (Wildman–Crippen MR) is 81.4 cm³/mol. The van der Waals surface area contributed by atoms with Crippen molar-refractivity contribution in [1.82, 2.24) is 0 Å². The minimum absolute atomic E-state index is 0.418. The summed E-state index contributed by atoms with van der Waals surface area (Å²) >= 11 is 1.48. The molecule has 2 rings (SSSR count). The molecule has 0 spiro atoms. The van der Waals surface area contributed by atoms with Gasteiger partial charge in [-0.05, 0) is 39.3 Å². The summed E-state index contributed by atoms with van der Waals surface area (Å²) in [6.45, 7) is 7.22. The fourth-order valence-electron chi connectivity index (χ4n) is 1.76. The summed E-state index contributed by atoms with van der Waals surface area (Å²) in [6, 6.07) is 9.87. The number of benzene rings is 1. The van der Waals surface area contributed by atoms with E-state index in [1.807, 2.05) is 25.1 Å². The highest BCUT2D eigenvalue weighted by Crippen LogP contribution is 2.33. The highest BCUT2D eigenvalue weighted by molar-refractivity contribution is 7.92. The molecule has 0 aliphatic rings. The van der Waals surface area contributed by atoms with Crippen molar-refractivity contribution in [1.29, 1.82) is 0 Å². The highest BCUT2D eigenvalue weighted by atomic mass is 32.2. The molecule has 0 atom stereocenters. The molecule has 4 heteroatoms. The monoisotopic (exact) mass is 294 g/mol. The molecule has 102 valence electrons. The Morgan fingerprint density at radius 2 is 1.79 bits per heavy atom. The first-order chi connectivity index (χ1) is 8.72. The van der Waals surface area contributed by atoms with Gasteiger partial charge >= 0.3 is 0 Å². The van der Waals surface area contributed by atoms with Crippen LogP contribution < -0.4 is 0 Å². The van der Waals surface area contributed by atoms with Crippen LogP contribution in [-0.4, -0.2) is 13.2 Å². The van der Waals surface area contributed by atoms with Gasteiger partial charge in [0, 0.05) is 10.3 Å². The Kier molecular flexibility index (Phi) is 3.58. The molecule has 19 heavy (non-hydrogen) atoms. The second-order valence-electron chi connectivity index (χ2n) is 5.63. The molecule has 2 aromatic rings. The molecule has 0 aliphatic heterocycles. The van der Waals surface area contributed by atoms with Crippen molar-refractivity contribution in [2.75, 3.05) is 0 Å². The zero-order valence-corrected chi connectivity index (χ0v) is 13.2. The van der Waals surface area contributed by atoms with Crippen LogP contribution in [0.25, 0.3) is 10.4 Å². The average molecular weight is 294 g/mol. The Hall–Kier alpha value is -1.13. The number of sulfone groups is 1. The fraction of sp³-hybridized carbons (Fsp3) is 0.333. The molecule has 1 heterocycles. The minimum Gasteiger partial charge on any atom is -0.223 e. The Bertz CT molecular complexity index is 689. The van der Waals surface area contributed by atoms with Crippen LogP contribution in [0.4, 0.5) is 0 Å². The van der Waals surface area contributed by atoms with Gasteiger partial charge < -0.3 is 0 Å². The lowest BCUT2D eigenvalue weighted by atomic mass is 10.1. The van der Waals surface area contributed by atoms with E-state index >= 15 is 0 Å². The molecule has 2 nitrogen and oxygen atoms in total. The van der Waals surface area contributed by atoms with Gasteiger partial charge in [0.1, 0.15) is 0 Å². The first-order valence-corrected chi connectivity index (χ1v) is 8.48. The van der Waals surface area contributed by atoms with Gasteiger partial charge in [0.25, 0.3) is 0 Å². The van der Waals surface area contributed by atoms with Crippen molar-refractivity contribution in [3.63, 3.8) is 0 Å². The number of thiophene rings is 1. The summed E-state index contributed by atoms with van der Waals surface area (Å²) < 4.78 is 24.0. The number of hydrogen-bond acceptors (Lipinski definition) is 3. The Morgan fingerprint density at radius 1 is 1.11 bits per heavy atom. The van der Waals surface area contributed by atoms with Crippen molar-refractivity contribution < 1.29 is 8.42 Å². The van der Waals surface area contributed by atoms with E-state index < -0.39 is 14.6 Å². The molecule has 0 N–H and O–H groups in total. The van der Waals surface area contributed by atoms with Gasteiger partial charge in [-0.25, -0.2) is 8.42 Å². The zero-order valence-electron chi connectivity index (χ0n) is 11.6. The lowest BCUT2D eigenvalue weighted by Crippen LogP contribution is -2.27. The fourth-order valence-corrected chi connectivity index (χ4v) is 4.24. The van der Waals surface area contributed by atoms with E-state index in [0.29, 0.717) is 4.90 Å². The van der Waals surface area contributed by atoms with Crippen LogP contribution in [0, 0.1) is 6.92 Å². The first-order valence-electron chi connectivity index (χ1n) is 6.12. The second-order valence-corrected chi connectivity index (χ2v) is 9.25. The molecular formula is C15H18O2S2. The average Bonchev–Trinajstić information content (AvgIpc) is 2.77. The van der Waals surface area contributed by atoms with E-state index in [0.717, 1.165) is 10.4 Å². The lowest BCUT2D eigenvalue weighted by molar-refractivity contribution is 0.560. The summed E-state index contributed by atoms with van der Waals surface area (Å²) in [7, 11) is -3.26. The van der Waals surface area contributed by atoms with E-state index in [2.05, 4.69) is 6.07 Å². The molecule has 0 aliphatic carbocycles. The zero-order chi connectivity index (χ0) is 14.3. The van der Waals surface area contributed by atoms with Gasteiger partial charge in [-0.1, -0.05) is 29.8 Å². The van der Waals surface area contributed by atoms with Crippen LogP contribution in [0.3, 0.4) is 0 Å². The van der Waals surface area contributed by atoms with Gasteiger partial charge in [0.05, 0.1) is 9.64 Å². The van der Waals surface area contributed by atoms with E-state index in [-0.39, 0.29) is 0 Å². The van der Waals surface area contributed by atoms with Crippen LogP contribution in [0.1, 0.15) is 26.3 Å². The predicted octanol–water partition coefficient (Wildman–Crippen LogP) is 4.30. The van der Waals surface area contributed by atoms with Crippen molar-refractivity contribution >= 4 is 21.2 Å². The third-order valence-corrected chi connectivity index (χ3v) is 6.59. The second kappa shape index (κ2) is 4.76. The van der Waals surface area contributed by atoms with Crippen molar-refractivity contribution in [2.45, 2.75) is 37.3 Å². The van der Waals surface area contributed by atoms with Crippen LogP contribution >= 0.6 is 11.3 Å². The molecule has 0 radical (unpaired) electrons. The van der Waals surface area contributed by atoms with E-state index in [1.165, 1.54) is 16.9 Å². The quantitative estimate of drug-likeness (QED) is 0.827. The molecule has 0 fully saturated rings. The van der Waals surface area contributed by atoms with Crippen LogP contribution in [0.2, 0.25) is 0 Å². The first kappa shape index (κ1) is 14.3. The van der Waals surface area contributed by atoms with Gasteiger partial charge in [0.15, 0.2) is 9.84 Å². The maximum Gasteiger partial charge on any atom is 0.184 e. The molecule has 0 amide bonds. The number of hydrogen-bond donors (Lipinski definition) is 0. The van der Waals surface area contributed by atoms with Crippen molar-refractivity contribution in [2.24, 2.45) is 0 Å². The Labute approximate surface area is 119 Å². The number of aryl methyl sites for hydroxylation is 1. The molecule has 1 aromatic heterocycles. The summed E-state index contributed by atoms with van der Waals surface area (Å²) in [5.41, 5.74) is 2.24. The van der Waals surface area contributed by atoms with Crippen molar-refractivity contribution in [3.05, 3.63) is 41.3 Å². The van der Waals surface area contributed by atoms with Gasteiger partial charge in [-0.15, -0.1) is 11.3 Å². The topological polar surface area (TPSA) is 34.1 Å². The van der Waals surface area contributed by atoms with Crippen LogP contribution in [0.5, 0.6) is 0 Å². The normalized spacial score (nSPS) is 12.6. The standard InChI is InChI=1S/C15H18O2S2/c1-11-6-5-7-12(8-11)14-9-13(10-18-14)19(16,17)15(2,3)4/h5-10H,1-4H3. The maximum absolute atomic E-state index is 12.4. The van der Waals surface area contributed by atoms with E-state index in [1.54, 1.807) is 32.2 Å². The summed E-state index contributed by atoms with van der Waals surface area (Å²) in [5, 5.41) is 1.73. The lowest BCUT2D eigenvalue weighted by Gasteiger charge is -2.17. The molecular weight excluding hydrogens is 276 g/mol. The van der Waals surface area contributed by atoms with Gasteiger partial charge in [-0.2, -0.15) is 0 Å². The highest BCUT2D eigenvalue weighted by Gasteiger charge is 2.31. The maximum atomic E-state index is 12.4. The molecule has 1 aromatic carbocycles. The van der Waals surface area contributed by atoms with E-state index in [4.69, 9.17) is 0 Å². The third kappa shape index (κ3) is 2.74. The molecule has 0 unspecified atom stereocenters. The summed E-state index contributed by atoms with van der Waals surface area (Å²) in [4.78, 5) is 1.41. The molecule has 0 saturated carbocycles. The molecule has 0 bridgehead atoms. The Balaban J connectivity index is 2.46. The largest absolute Gasteiger partial charge is 0.223 e. The van der Waals surface area contributed by atoms with Gasteiger partial charge in [0.2, 0.25) is 0 Å². The minimum atomic E-state index is -3.26. The smallest absolute Gasteiger partial charge is 0.184 e. The van der Waals surface area contributed by atoms with Crippen LogP contribution in [0.15, 0.2) is 40.6 Å². The number of rotatable bonds is 2. The SMILES string of the molecule is Cc1cccc(-c2cc(S(=O)(=O)C(C)(C)C)cs2)c1.